The molecule has 6 rings (SSSR count). The van der Waals surface area contributed by atoms with Crippen LogP contribution in [0.15, 0.2) is 24.3 Å². The lowest BCUT2D eigenvalue weighted by Gasteiger charge is -2.53. The average Bonchev–Trinajstić information content (AvgIpc) is 2.88. The molecule has 23 heavy (non-hydrogen) atoms. The van der Waals surface area contributed by atoms with E-state index in [0.29, 0.717) is 23.8 Å². The molecule has 120 valence electrons. The van der Waals surface area contributed by atoms with Crippen molar-refractivity contribution in [3.63, 3.8) is 0 Å². The van der Waals surface area contributed by atoms with Crippen molar-refractivity contribution in [3.8, 4) is 0 Å². The van der Waals surface area contributed by atoms with Crippen LogP contribution in [-0.2, 0) is 16.0 Å². The monoisotopic (exact) mass is 310 g/mol. The van der Waals surface area contributed by atoms with Crippen LogP contribution in [0.2, 0.25) is 0 Å². The number of ketones is 1. The van der Waals surface area contributed by atoms with E-state index in [0.717, 1.165) is 17.4 Å². The zero-order valence-electron chi connectivity index (χ0n) is 13.2. The number of hydrogen-bond donors (Lipinski definition) is 0. The van der Waals surface area contributed by atoms with Crippen molar-refractivity contribution >= 4 is 11.8 Å². The number of Topliss-reactive ketones (excluding diaryl/α,β-unsaturated/α-hetero) is 1. The fourth-order valence-corrected chi connectivity index (χ4v) is 5.91. The van der Waals surface area contributed by atoms with Crippen LogP contribution in [0.4, 0.5) is 0 Å². The minimum atomic E-state index is -0.607. The van der Waals surface area contributed by atoms with Gasteiger partial charge in [-0.3, -0.25) is 9.59 Å². The Bertz CT molecular complexity index is 649. The Morgan fingerprint density at radius 2 is 1.61 bits per heavy atom. The van der Waals surface area contributed by atoms with Crippen LogP contribution in [0.1, 0.15) is 48.0 Å². The van der Waals surface area contributed by atoms with Crippen molar-refractivity contribution in [2.75, 3.05) is 0 Å². The predicted molar refractivity (Wildman–Crippen MR) is 84.9 cm³/mol. The highest BCUT2D eigenvalue weighted by Crippen LogP contribution is 2.54. The van der Waals surface area contributed by atoms with Gasteiger partial charge in [-0.2, -0.15) is 0 Å². The molecule has 4 fully saturated rings. The molecule has 1 aromatic rings. The summed E-state index contributed by atoms with van der Waals surface area (Å²) in [5.74, 6) is 1.90. The van der Waals surface area contributed by atoms with Crippen LogP contribution in [0.3, 0.4) is 0 Å². The number of ether oxygens (including phenoxy) is 1. The molecule has 1 unspecified atom stereocenters. The zero-order chi connectivity index (χ0) is 15.6. The van der Waals surface area contributed by atoms with Gasteiger partial charge in [0.15, 0.2) is 5.78 Å². The summed E-state index contributed by atoms with van der Waals surface area (Å²) in [6.45, 7) is 0. The predicted octanol–water partition coefficient (Wildman–Crippen LogP) is 3.41. The molecule has 0 aliphatic heterocycles. The van der Waals surface area contributed by atoms with Crippen molar-refractivity contribution < 1.29 is 14.3 Å². The molecular formula is C20H22O3. The summed E-state index contributed by atoms with van der Waals surface area (Å²) in [6.07, 6.45) is 6.89. The van der Waals surface area contributed by atoms with Crippen LogP contribution in [0.5, 0.6) is 0 Å². The highest BCUT2D eigenvalue weighted by atomic mass is 16.5. The van der Waals surface area contributed by atoms with Gasteiger partial charge in [0, 0.05) is 5.56 Å². The molecule has 3 heteroatoms. The maximum atomic E-state index is 12.7. The molecule has 5 aliphatic rings. The summed E-state index contributed by atoms with van der Waals surface area (Å²) in [4.78, 5) is 25.2. The lowest BCUT2D eigenvalue weighted by atomic mass is 9.55. The quantitative estimate of drug-likeness (QED) is 0.621. The summed E-state index contributed by atoms with van der Waals surface area (Å²) in [5.41, 5.74) is 1.70. The van der Waals surface area contributed by atoms with Gasteiger partial charge in [0.2, 0.25) is 0 Å². The zero-order valence-corrected chi connectivity index (χ0v) is 13.2. The van der Waals surface area contributed by atoms with E-state index in [9.17, 15) is 9.59 Å². The van der Waals surface area contributed by atoms with Crippen molar-refractivity contribution in [2.45, 2.75) is 44.6 Å². The van der Waals surface area contributed by atoms with E-state index in [1.165, 1.54) is 32.1 Å². The third-order valence-electron chi connectivity index (χ3n) is 6.70. The molecule has 4 bridgehead atoms. The summed E-state index contributed by atoms with van der Waals surface area (Å²) in [6, 6.07) is 7.57. The Labute approximate surface area is 136 Å². The highest BCUT2D eigenvalue weighted by Gasteiger charge is 2.50. The molecule has 0 saturated heterocycles. The Kier molecular flexibility index (Phi) is 2.95. The summed E-state index contributed by atoms with van der Waals surface area (Å²) in [5, 5.41) is 0. The standard InChI is InChI=1S/C20H22O3/c21-18-16-4-2-1-3-13(16)10-17(18)20(22)23-19-14-6-11-5-12(8-14)9-15(19)7-11/h1-4,11-12,14-15,17,19H,5-10H2. The number of carbonyl (C=O) groups excluding carboxylic acids is 2. The van der Waals surface area contributed by atoms with E-state index in [2.05, 4.69) is 0 Å². The number of carbonyl (C=O) groups is 2. The fraction of sp³-hybridized carbons (Fsp3) is 0.600. The summed E-state index contributed by atoms with van der Waals surface area (Å²) < 4.78 is 5.95. The van der Waals surface area contributed by atoms with Gasteiger partial charge >= 0.3 is 5.97 Å². The van der Waals surface area contributed by atoms with Crippen LogP contribution in [0, 0.1) is 29.6 Å². The Hall–Kier alpha value is -1.64. The molecule has 1 atom stereocenters. The highest BCUT2D eigenvalue weighted by molar-refractivity contribution is 6.12. The summed E-state index contributed by atoms with van der Waals surface area (Å²) in [7, 11) is 0. The van der Waals surface area contributed by atoms with Gasteiger partial charge < -0.3 is 4.74 Å². The van der Waals surface area contributed by atoms with Gasteiger partial charge in [-0.15, -0.1) is 0 Å². The molecule has 0 heterocycles. The van der Waals surface area contributed by atoms with Crippen LogP contribution in [0.25, 0.3) is 0 Å². The molecule has 4 saturated carbocycles. The van der Waals surface area contributed by atoms with Crippen LogP contribution >= 0.6 is 0 Å². The lowest BCUT2D eigenvalue weighted by Crippen LogP contribution is -2.50. The molecule has 5 aliphatic carbocycles. The Balaban J connectivity index is 1.32. The van der Waals surface area contributed by atoms with E-state index in [-0.39, 0.29) is 17.9 Å². The first-order chi connectivity index (χ1) is 11.2. The SMILES string of the molecule is O=C(OC1C2CC3CC(C2)CC1C3)C1Cc2ccccc2C1=O. The second-order valence-electron chi connectivity index (χ2n) is 8.11. The van der Waals surface area contributed by atoms with Gasteiger partial charge in [-0.25, -0.2) is 0 Å². The van der Waals surface area contributed by atoms with E-state index < -0.39 is 5.92 Å². The second-order valence-corrected chi connectivity index (χ2v) is 8.11. The molecule has 0 amide bonds. The number of fused-ring (bicyclic) bond motifs is 1. The number of hydrogen-bond acceptors (Lipinski definition) is 3. The first-order valence-electron chi connectivity index (χ1n) is 9.01. The first-order valence-corrected chi connectivity index (χ1v) is 9.01. The number of benzene rings is 1. The van der Waals surface area contributed by atoms with Crippen LogP contribution < -0.4 is 0 Å². The number of rotatable bonds is 2. The van der Waals surface area contributed by atoms with Crippen molar-refractivity contribution in [1.82, 2.24) is 0 Å². The maximum Gasteiger partial charge on any atom is 0.317 e. The minimum absolute atomic E-state index is 0.0468. The van der Waals surface area contributed by atoms with Gasteiger partial charge in [-0.05, 0) is 67.8 Å². The van der Waals surface area contributed by atoms with Crippen molar-refractivity contribution in [3.05, 3.63) is 35.4 Å². The number of esters is 1. The molecule has 0 spiro atoms. The smallest absolute Gasteiger partial charge is 0.317 e. The van der Waals surface area contributed by atoms with Crippen molar-refractivity contribution in [1.29, 1.82) is 0 Å². The lowest BCUT2D eigenvalue weighted by molar-refractivity contribution is -0.173. The molecule has 1 aromatic carbocycles. The third kappa shape index (κ3) is 2.09. The summed E-state index contributed by atoms with van der Waals surface area (Å²) >= 11 is 0. The average molecular weight is 310 g/mol. The largest absolute Gasteiger partial charge is 0.461 e. The van der Waals surface area contributed by atoms with Gasteiger partial charge in [0.05, 0.1) is 0 Å². The topological polar surface area (TPSA) is 43.4 Å². The molecule has 0 N–H and O–H groups in total. The maximum absolute atomic E-state index is 12.7. The first kappa shape index (κ1) is 13.8. The Morgan fingerprint density at radius 3 is 2.26 bits per heavy atom. The Morgan fingerprint density at radius 1 is 0.957 bits per heavy atom. The molecule has 0 radical (unpaired) electrons. The van der Waals surface area contributed by atoms with E-state index in [1.54, 1.807) is 0 Å². The minimum Gasteiger partial charge on any atom is -0.461 e. The van der Waals surface area contributed by atoms with Gasteiger partial charge in [0.25, 0.3) is 0 Å². The third-order valence-corrected chi connectivity index (χ3v) is 6.70. The van der Waals surface area contributed by atoms with E-state index in [1.807, 2.05) is 24.3 Å². The van der Waals surface area contributed by atoms with Gasteiger partial charge in [0.1, 0.15) is 12.0 Å². The van der Waals surface area contributed by atoms with Crippen LogP contribution in [-0.4, -0.2) is 17.9 Å². The van der Waals surface area contributed by atoms with Crippen molar-refractivity contribution in [2.24, 2.45) is 29.6 Å². The van der Waals surface area contributed by atoms with E-state index in [4.69, 9.17) is 4.74 Å². The second kappa shape index (κ2) is 4.93. The van der Waals surface area contributed by atoms with Gasteiger partial charge in [-0.1, -0.05) is 24.3 Å². The molecule has 3 nitrogen and oxygen atoms in total. The fourth-order valence-electron chi connectivity index (χ4n) is 5.91. The normalized spacial score (nSPS) is 40.3. The molecular weight excluding hydrogens is 288 g/mol. The van der Waals surface area contributed by atoms with E-state index >= 15 is 0 Å². The molecule has 0 aromatic heterocycles.